The van der Waals surface area contributed by atoms with Crippen LogP contribution in [0.3, 0.4) is 0 Å². The van der Waals surface area contributed by atoms with Crippen LogP contribution in [0.2, 0.25) is 39.3 Å². The highest BCUT2D eigenvalue weighted by Crippen LogP contribution is 2.36. The van der Waals surface area contributed by atoms with E-state index in [9.17, 15) is 0 Å². The van der Waals surface area contributed by atoms with Crippen molar-refractivity contribution in [1.82, 2.24) is 0 Å². The monoisotopic (exact) mass is 626 g/mol. The van der Waals surface area contributed by atoms with Gasteiger partial charge in [0.1, 0.15) is 18.2 Å². The minimum atomic E-state index is -1.68. The van der Waals surface area contributed by atoms with E-state index in [1.165, 1.54) is 60.4 Å². The Labute approximate surface area is 271 Å². The zero-order chi connectivity index (χ0) is 32.5. The van der Waals surface area contributed by atoms with E-state index in [2.05, 4.69) is 170 Å². The van der Waals surface area contributed by atoms with E-state index in [4.69, 9.17) is 4.42 Å². The molecule has 0 saturated carbocycles. The van der Waals surface area contributed by atoms with Gasteiger partial charge in [-0.1, -0.05) is 120 Å². The number of nitrogens with zero attached hydrogens (tertiary/aromatic N) is 1. The first-order valence-electron chi connectivity index (χ1n) is 16.2. The Kier molecular flexibility index (Phi) is 7.61. The summed E-state index contributed by atoms with van der Waals surface area (Å²) in [5, 5.41) is 5.30. The molecule has 0 aliphatic heterocycles. The molecule has 2 nitrogen and oxygen atoms in total. The molecule has 0 N–H and O–H groups in total. The standard InChI is InChI=1S/C41H48NOSi2/c1-27-22-38-35(33-21-16-30(23-39(33)43-38)28-14-19-32(20-15-28)44(6,7)8)24-34(27)37-25-40(45(9,10)11)36(26-42(37)5)29-12-17-31(18-13-29)41(2,3)4/h12-26H,1-11H3/q+1. The highest BCUT2D eigenvalue weighted by molar-refractivity contribution is 6.89. The smallest absolute Gasteiger partial charge is 0.212 e. The molecule has 0 unspecified atom stereocenters. The van der Waals surface area contributed by atoms with E-state index in [1.807, 2.05) is 0 Å². The largest absolute Gasteiger partial charge is 0.456 e. The number of hydrogen-bond donors (Lipinski definition) is 0. The van der Waals surface area contributed by atoms with Crippen LogP contribution in [0.25, 0.3) is 55.4 Å². The number of fused-ring (bicyclic) bond motifs is 3. The summed E-state index contributed by atoms with van der Waals surface area (Å²) in [6.07, 6.45) is 2.35. The molecule has 6 rings (SSSR count). The predicted molar refractivity (Wildman–Crippen MR) is 201 cm³/mol. The van der Waals surface area contributed by atoms with Gasteiger partial charge < -0.3 is 4.42 Å². The molecule has 0 amide bonds. The molecule has 0 radical (unpaired) electrons. The van der Waals surface area contributed by atoms with Crippen molar-refractivity contribution in [1.29, 1.82) is 0 Å². The average molecular weight is 627 g/mol. The van der Waals surface area contributed by atoms with E-state index in [0.717, 1.165) is 16.6 Å². The third kappa shape index (κ3) is 5.98. The maximum absolute atomic E-state index is 6.49. The molecular formula is C41H48NOSi2+. The molecule has 6 aromatic rings. The molecular weight excluding hydrogens is 579 g/mol. The fraction of sp³-hybridized carbons (Fsp3) is 0.293. The molecule has 0 aliphatic carbocycles. The molecule has 4 heteroatoms. The number of aryl methyl sites for hydroxylation is 2. The van der Waals surface area contributed by atoms with Crippen LogP contribution in [0.1, 0.15) is 31.9 Å². The van der Waals surface area contributed by atoms with Crippen molar-refractivity contribution in [3.63, 3.8) is 0 Å². The molecule has 0 fully saturated rings. The first kappa shape index (κ1) is 31.3. The number of furan rings is 1. The Morgan fingerprint density at radius 1 is 0.600 bits per heavy atom. The number of pyridine rings is 1. The molecule has 0 saturated heterocycles. The topological polar surface area (TPSA) is 17.0 Å². The second kappa shape index (κ2) is 11.0. The summed E-state index contributed by atoms with van der Waals surface area (Å²) >= 11 is 0. The van der Waals surface area contributed by atoms with Crippen molar-refractivity contribution in [3.8, 4) is 33.5 Å². The van der Waals surface area contributed by atoms with Crippen LogP contribution in [0, 0.1) is 6.92 Å². The lowest BCUT2D eigenvalue weighted by molar-refractivity contribution is -0.659. The second-order valence-corrected chi connectivity index (χ2v) is 26.1. The fourth-order valence-corrected chi connectivity index (χ4v) is 9.21. The normalized spacial score (nSPS) is 12.8. The summed E-state index contributed by atoms with van der Waals surface area (Å²) < 4.78 is 8.80. The zero-order valence-corrected chi connectivity index (χ0v) is 31.0. The van der Waals surface area contributed by atoms with E-state index in [1.54, 1.807) is 0 Å². The summed E-state index contributed by atoms with van der Waals surface area (Å²) in [6.45, 7) is 23.6. The highest BCUT2D eigenvalue weighted by atomic mass is 28.3. The molecule has 2 aromatic heterocycles. The predicted octanol–water partition coefficient (Wildman–Crippen LogP) is 10.1. The van der Waals surface area contributed by atoms with Gasteiger partial charge in [0, 0.05) is 28.0 Å². The Morgan fingerprint density at radius 3 is 1.80 bits per heavy atom. The van der Waals surface area contributed by atoms with Gasteiger partial charge in [-0.2, -0.15) is 0 Å². The van der Waals surface area contributed by atoms with Gasteiger partial charge in [0.15, 0.2) is 6.20 Å². The Hall–Kier alpha value is -3.74. The lowest BCUT2D eigenvalue weighted by Gasteiger charge is -2.23. The molecule has 0 aliphatic rings. The van der Waals surface area contributed by atoms with Gasteiger partial charge in [-0.05, 0) is 69.6 Å². The van der Waals surface area contributed by atoms with Crippen molar-refractivity contribution >= 4 is 48.5 Å². The molecule has 230 valence electrons. The van der Waals surface area contributed by atoms with E-state index >= 15 is 0 Å². The SMILES string of the molecule is Cc1cc2oc3cc(-c4ccc([Si](C)(C)C)cc4)ccc3c2cc1-c1cc([Si](C)(C)C)c(-c2ccc(C(C)(C)C)cc2)c[n+]1C. The average Bonchev–Trinajstić information content (AvgIpc) is 3.31. The van der Waals surface area contributed by atoms with Gasteiger partial charge in [0.05, 0.1) is 16.1 Å². The van der Waals surface area contributed by atoms with Crippen LogP contribution in [0.5, 0.6) is 0 Å². The number of benzene rings is 4. The molecule has 2 heterocycles. The number of aromatic nitrogens is 1. The first-order chi connectivity index (χ1) is 21.0. The van der Waals surface area contributed by atoms with Crippen LogP contribution in [0.4, 0.5) is 0 Å². The zero-order valence-electron chi connectivity index (χ0n) is 29.0. The van der Waals surface area contributed by atoms with Crippen molar-refractivity contribution in [2.24, 2.45) is 7.05 Å². The van der Waals surface area contributed by atoms with Gasteiger partial charge in [0.25, 0.3) is 0 Å². The van der Waals surface area contributed by atoms with Gasteiger partial charge in [-0.25, -0.2) is 4.57 Å². The van der Waals surface area contributed by atoms with Gasteiger partial charge >= 0.3 is 0 Å². The van der Waals surface area contributed by atoms with Gasteiger partial charge in [0.2, 0.25) is 5.69 Å². The van der Waals surface area contributed by atoms with E-state index in [0.29, 0.717) is 0 Å². The van der Waals surface area contributed by atoms with Crippen LogP contribution in [-0.4, -0.2) is 16.1 Å². The van der Waals surface area contributed by atoms with Crippen molar-refractivity contribution in [2.75, 3.05) is 0 Å². The third-order valence-electron chi connectivity index (χ3n) is 9.32. The molecule has 0 spiro atoms. The van der Waals surface area contributed by atoms with Crippen molar-refractivity contribution in [2.45, 2.75) is 72.4 Å². The number of rotatable bonds is 5. The molecule has 4 aromatic carbocycles. The van der Waals surface area contributed by atoms with Crippen LogP contribution >= 0.6 is 0 Å². The summed E-state index contributed by atoms with van der Waals surface area (Å²) in [7, 11) is -0.822. The third-order valence-corrected chi connectivity index (χ3v) is 13.4. The Bertz CT molecular complexity index is 2050. The maximum atomic E-state index is 6.49. The molecule has 0 atom stereocenters. The molecule has 0 bridgehead atoms. The lowest BCUT2D eigenvalue weighted by atomic mass is 9.86. The minimum absolute atomic E-state index is 0.141. The van der Waals surface area contributed by atoms with E-state index < -0.39 is 16.1 Å². The highest BCUT2D eigenvalue weighted by Gasteiger charge is 2.28. The van der Waals surface area contributed by atoms with Crippen LogP contribution in [0.15, 0.2) is 95.5 Å². The number of hydrogen-bond acceptors (Lipinski definition) is 1. The van der Waals surface area contributed by atoms with E-state index in [-0.39, 0.29) is 5.41 Å². The van der Waals surface area contributed by atoms with Gasteiger partial charge in [-0.3, -0.25) is 0 Å². The summed E-state index contributed by atoms with van der Waals surface area (Å²) in [5.41, 5.74) is 12.2. The lowest BCUT2D eigenvalue weighted by Crippen LogP contribution is -2.43. The molecule has 45 heavy (non-hydrogen) atoms. The quantitative estimate of drug-likeness (QED) is 0.137. The minimum Gasteiger partial charge on any atom is -0.456 e. The Morgan fingerprint density at radius 2 is 1.20 bits per heavy atom. The second-order valence-electron chi connectivity index (χ2n) is 16.0. The van der Waals surface area contributed by atoms with Crippen LogP contribution in [-0.2, 0) is 12.5 Å². The van der Waals surface area contributed by atoms with Crippen LogP contribution < -0.4 is 14.9 Å². The Balaban J connectivity index is 1.44. The summed E-state index contributed by atoms with van der Waals surface area (Å²) in [5.74, 6) is 0. The maximum Gasteiger partial charge on any atom is 0.212 e. The van der Waals surface area contributed by atoms with Crippen molar-refractivity contribution < 1.29 is 8.98 Å². The van der Waals surface area contributed by atoms with Gasteiger partial charge in [-0.15, -0.1) is 0 Å². The summed E-state index contributed by atoms with van der Waals surface area (Å²) in [6, 6.07) is 32.1. The van der Waals surface area contributed by atoms with Crippen molar-refractivity contribution in [3.05, 3.63) is 102 Å². The fourth-order valence-electron chi connectivity index (χ4n) is 6.46. The summed E-state index contributed by atoms with van der Waals surface area (Å²) in [4.78, 5) is 0. The first-order valence-corrected chi connectivity index (χ1v) is 23.2.